The van der Waals surface area contributed by atoms with Crippen LogP contribution in [-0.2, 0) is 0 Å². The fourth-order valence-corrected chi connectivity index (χ4v) is 5.05. The highest BCUT2D eigenvalue weighted by molar-refractivity contribution is 8.00. The van der Waals surface area contributed by atoms with Crippen LogP contribution in [0.3, 0.4) is 0 Å². The summed E-state index contributed by atoms with van der Waals surface area (Å²) in [4.78, 5) is 25.7. The third-order valence-electron chi connectivity index (χ3n) is 4.66. The Bertz CT molecular complexity index is 576. The molecule has 1 aromatic rings. The molecule has 1 saturated heterocycles. The van der Waals surface area contributed by atoms with Crippen molar-refractivity contribution in [1.82, 2.24) is 4.90 Å². The molecule has 5 heteroatoms. The minimum atomic E-state index is -0.993. The SMILES string of the molecule is O=C(O)c1cccc(C(=O)N2CCSC3(CCCCC3)C2)c1. The van der Waals surface area contributed by atoms with Gasteiger partial charge in [-0.1, -0.05) is 25.3 Å². The molecule has 1 aliphatic carbocycles. The lowest BCUT2D eigenvalue weighted by molar-refractivity contribution is 0.0697. The molecular weight excluding hydrogens is 298 g/mol. The summed E-state index contributed by atoms with van der Waals surface area (Å²) in [5, 5.41) is 9.07. The number of carbonyl (C=O) groups excluding carboxylic acids is 1. The van der Waals surface area contributed by atoms with Crippen LogP contribution in [-0.4, -0.2) is 45.5 Å². The Morgan fingerprint density at radius 1 is 1.14 bits per heavy atom. The van der Waals surface area contributed by atoms with Crippen LogP contribution in [0.2, 0.25) is 0 Å². The first-order valence-electron chi connectivity index (χ1n) is 7.86. The van der Waals surface area contributed by atoms with Crippen LogP contribution in [0.4, 0.5) is 0 Å². The molecular formula is C17H21NO3S. The van der Waals surface area contributed by atoms with Gasteiger partial charge in [-0.05, 0) is 31.0 Å². The molecule has 0 aromatic heterocycles. The van der Waals surface area contributed by atoms with Crippen molar-refractivity contribution < 1.29 is 14.7 Å². The van der Waals surface area contributed by atoms with E-state index in [0.29, 0.717) is 5.56 Å². The molecule has 2 fully saturated rings. The van der Waals surface area contributed by atoms with Gasteiger partial charge in [-0.3, -0.25) is 4.79 Å². The fraction of sp³-hybridized carbons (Fsp3) is 0.529. The number of carboxylic acid groups (broad SMARTS) is 1. The zero-order valence-electron chi connectivity index (χ0n) is 12.6. The van der Waals surface area contributed by atoms with Gasteiger partial charge >= 0.3 is 5.97 Å². The third kappa shape index (κ3) is 3.14. The molecule has 0 unspecified atom stereocenters. The Morgan fingerprint density at radius 3 is 2.59 bits per heavy atom. The number of aromatic carboxylic acids is 1. The first-order chi connectivity index (χ1) is 10.6. The van der Waals surface area contributed by atoms with Gasteiger partial charge in [-0.2, -0.15) is 11.8 Å². The van der Waals surface area contributed by atoms with Crippen LogP contribution in [0.5, 0.6) is 0 Å². The average molecular weight is 319 g/mol. The summed E-state index contributed by atoms with van der Waals surface area (Å²) in [7, 11) is 0. The lowest BCUT2D eigenvalue weighted by atomic mass is 9.87. The molecule has 1 heterocycles. The summed E-state index contributed by atoms with van der Waals surface area (Å²) in [5.74, 6) is -0.0504. The largest absolute Gasteiger partial charge is 0.478 e. The van der Waals surface area contributed by atoms with Crippen LogP contribution in [0.1, 0.15) is 52.8 Å². The van der Waals surface area contributed by atoms with E-state index in [2.05, 4.69) is 0 Å². The van der Waals surface area contributed by atoms with E-state index in [9.17, 15) is 9.59 Å². The summed E-state index contributed by atoms with van der Waals surface area (Å²) in [6.07, 6.45) is 6.19. The molecule has 22 heavy (non-hydrogen) atoms. The van der Waals surface area contributed by atoms with Crippen molar-refractivity contribution in [2.24, 2.45) is 0 Å². The molecule has 2 aliphatic rings. The van der Waals surface area contributed by atoms with Crippen molar-refractivity contribution >= 4 is 23.6 Å². The Balaban J connectivity index is 1.76. The van der Waals surface area contributed by atoms with Crippen molar-refractivity contribution in [2.45, 2.75) is 36.9 Å². The predicted molar refractivity (Wildman–Crippen MR) is 87.6 cm³/mol. The molecule has 1 aliphatic heterocycles. The van der Waals surface area contributed by atoms with Gasteiger partial charge < -0.3 is 10.0 Å². The van der Waals surface area contributed by atoms with Crippen molar-refractivity contribution in [2.75, 3.05) is 18.8 Å². The highest BCUT2D eigenvalue weighted by Crippen LogP contribution is 2.42. The van der Waals surface area contributed by atoms with Crippen LogP contribution in [0.15, 0.2) is 24.3 Å². The average Bonchev–Trinajstić information content (AvgIpc) is 2.55. The molecule has 0 atom stereocenters. The van der Waals surface area contributed by atoms with E-state index in [1.165, 1.54) is 44.2 Å². The number of hydrogen-bond donors (Lipinski definition) is 1. The first-order valence-corrected chi connectivity index (χ1v) is 8.85. The second kappa shape index (κ2) is 6.32. The van der Waals surface area contributed by atoms with E-state index < -0.39 is 5.97 Å². The van der Waals surface area contributed by atoms with Crippen molar-refractivity contribution in [3.05, 3.63) is 35.4 Å². The Labute approximate surface area is 134 Å². The topological polar surface area (TPSA) is 57.6 Å². The number of rotatable bonds is 2. The molecule has 1 saturated carbocycles. The molecule has 118 valence electrons. The van der Waals surface area contributed by atoms with Gasteiger partial charge in [-0.25, -0.2) is 4.79 Å². The minimum absolute atomic E-state index is 0.0339. The van der Waals surface area contributed by atoms with Gasteiger partial charge in [0.15, 0.2) is 0 Å². The molecule has 1 amide bonds. The van der Waals surface area contributed by atoms with E-state index >= 15 is 0 Å². The Hall–Kier alpha value is -1.49. The Morgan fingerprint density at radius 2 is 1.86 bits per heavy atom. The molecule has 4 nitrogen and oxygen atoms in total. The fourth-order valence-electron chi connectivity index (χ4n) is 3.48. The van der Waals surface area contributed by atoms with Crippen LogP contribution in [0.25, 0.3) is 0 Å². The number of carbonyl (C=O) groups is 2. The lowest BCUT2D eigenvalue weighted by Gasteiger charge is -2.44. The number of hydrogen-bond acceptors (Lipinski definition) is 3. The van der Waals surface area contributed by atoms with E-state index in [1.807, 2.05) is 16.7 Å². The monoisotopic (exact) mass is 319 g/mol. The first kappa shape index (κ1) is 15.4. The van der Waals surface area contributed by atoms with Crippen molar-refractivity contribution in [1.29, 1.82) is 0 Å². The van der Waals surface area contributed by atoms with Crippen molar-refractivity contribution in [3.8, 4) is 0 Å². The van der Waals surface area contributed by atoms with E-state index in [4.69, 9.17) is 5.11 Å². The molecule has 1 N–H and O–H groups in total. The smallest absolute Gasteiger partial charge is 0.335 e. The van der Waals surface area contributed by atoms with E-state index in [-0.39, 0.29) is 16.2 Å². The van der Waals surface area contributed by atoms with Crippen LogP contribution < -0.4 is 0 Å². The van der Waals surface area contributed by atoms with Gasteiger partial charge in [0.2, 0.25) is 0 Å². The van der Waals surface area contributed by atoms with Crippen molar-refractivity contribution in [3.63, 3.8) is 0 Å². The summed E-state index contributed by atoms with van der Waals surface area (Å²) in [5.41, 5.74) is 0.655. The number of amides is 1. The van der Waals surface area contributed by atoms with Crippen LogP contribution in [0, 0.1) is 0 Å². The summed E-state index contributed by atoms with van der Waals surface area (Å²) < 4.78 is 0.233. The molecule has 0 bridgehead atoms. The number of benzene rings is 1. The van der Waals surface area contributed by atoms with Gasteiger partial charge in [-0.15, -0.1) is 0 Å². The zero-order valence-corrected chi connectivity index (χ0v) is 13.4. The normalized spacial score (nSPS) is 20.8. The maximum atomic E-state index is 12.7. The highest BCUT2D eigenvalue weighted by atomic mass is 32.2. The maximum absolute atomic E-state index is 12.7. The number of nitrogens with zero attached hydrogens (tertiary/aromatic N) is 1. The van der Waals surface area contributed by atoms with Gasteiger partial charge in [0.25, 0.3) is 5.91 Å². The minimum Gasteiger partial charge on any atom is -0.478 e. The highest BCUT2D eigenvalue weighted by Gasteiger charge is 2.38. The zero-order chi connectivity index (χ0) is 15.6. The summed E-state index contributed by atoms with van der Waals surface area (Å²) in [6, 6.07) is 6.36. The second-order valence-corrected chi connectivity index (χ2v) is 7.77. The molecule has 1 aromatic carbocycles. The Kier molecular flexibility index (Phi) is 4.43. The number of thioether (sulfide) groups is 1. The third-order valence-corrected chi connectivity index (χ3v) is 6.19. The van der Waals surface area contributed by atoms with E-state index in [0.717, 1.165) is 18.8 Å². The van der Waals surface area contributed by atoms with Gasteiger partial charge in [0.05, 0.1) is 5.56 Å². The standard InChI is InChI=1S/C17H21NO3S/c19-15(13-5-4-6-14(11-13)16(20)21)18-9-10-22-17(12-18)7-2-1-3-8-17/h4-6,11H,1-3,7-10,12H2,(H,20,21). The molecule has 1 spiro atoms. The second-order valence-electron chi connectivity index (χ2n) is 6.20. The van der Waals surface area contributed by atoms with E-state index in [1.54, 1.807) is 12.1 Å². The summed E-state index contributed by atoms with van der Waals surface area (Å²) in [6.45, 7) is 1.55. The molecule has 0 radical (unpaired) electrons. The lowest BCUT2D eigenvalue weighted by Crippen LogP contribution is -2.49. The van der Waals surface area contributed by atoms with Gasteiger partial charge in [0, 0.05) is 29.2 Å². The summed E-state index contributed by atoms with van der Waals surface area (Å²) >= 11 is 2.02. The maximum Gasteiger partial charge on any atom is 0.335 e. The molecule has 3 rings (SSSR count). The van der Waals surface area contributed by atoms with Gasteiger partial charge in [0.1, 0.15) is 0 Å². The predicted octanol–water partition coefficient (Wildman–Crippen LogP) is 3.28. The quantitative estimate of drug-likeness (QED) is 0.909. The number of carboxylic acids is 1. The van der Waals surface area contributed by atoms with Crippen LogP contribution >= 0.6 is 11.8 Å².